The van der Waals surface area contributed by atoms with Gasteiger partial charge in [0.25, 0.3) is 0 Å². The molecule has 2 amide bonds. The molecule has 0 saturated carbocycles. The Balaban J connectivity index is 1.34. The van der Waals surface area contributed by atoms with Crippen molar-refractivity contribution in [2.24, 2.45) is 0 Å². The smallest absolute Gasteiger partial charge is 0.237 e. The van der Waals surface area contributed by atoms with Crippen LogP contribution in [0, 0.1) is 6.92 Å². The molecule has 1 aliphatic rings. The highest BCUT2D eigenvalue weighted by molar-refractivity contribution is 6.09. The zero-order valence-electron chi connectivity index (χ0n) is 21.3. The molecule has 0 spiro atoms. The van der Waals surface area contributed by atoms with Crippen LogP contribution in [0.15, 0.2) is 54.6 Å². The van der Waals surface area contributed by atoms with Gasteiger partial charge in [0.1, 0.15) is 5.69 Å². The molecule has 6 rings (SSSR count). The summed E-state index contributed by atoms with van der Waals surface area (Å²) in [5.41, 5.74) is 7.26. The summed E-state index contributed by atoms with van der Waals surface area (Å²) >= 11 is 0. The molecule has 8 nitrogen and oxygen atoms in total. The van der Waals surface area contributed by atoms with Gasteiger partial charge in [0, 0.05) is 17.6 Å². The highest BCUT2D eigenvalue weighted by Crippen LogP contribution is 2.43. The zero-order chi connectivity index (χ0) is 25.9. The van der Waals surface area contributed by atoms with Gasteiger partial charge in [-0.05, 0) is 74.7 Å². The number of H-pyrrole nitrogens is 2. The van der Waals surface area contributed by atoms with E-state index in [0.717, 1.165) is 44.3 Å². The number of anilines is 2. The molecule has 0 fully saturated rings. The van der Waals surface area contributed by atoms with Gasteiger partial charge in [-0.25, -0.2) is 4.98 Å². The topological polar surface area (TPSA) is 107 Å². The minimum atomic E-state index is -0.588. The molecule has 3 aromatic carbocycles. The van der Waals surface area contributed by atoms with Crippen LogP contribution in [0.4, 0.5) is 11.4 Å². The predicted molar refractivity (Wildman–Crippen MR) is 146 cm³/mol. The van der Waals surface area contributed by atoms with Gasteiger partial charge in [0.15, 0.2) is 5.82 Å². The number of likely N-dealkylation sites (N-methyl/N-ethyl adjacent to an activating group) is 1. The van der Waals surface area contributed by atoms with Crippen molar-refractivity contribution in [1.82, 2.24) is 20.2 Å². The largest absolute Gasteiger partial charge is 0.337 e. The molecule has 2 aromatic heterocycles. The average molecular weight is 493 g/mol. The Morgan fingerprint density at radius 3 is 2.68 bits per heavy atom. The lowest BCUT2D eigenvalue weighted by Crippen LogP contribution is -2.35. The monoisotopic (exact) mass is 492 g/mol. The number of aromatic nitrogens is 4. The first-order valence-electron chi connectivity index (χ1n) is 12.5. The van der Waals surface area contributed by atoms with Gasteiger partial charge in [-0.3, -0.25) is 14.7 Å². The van der Waals surface area contributed by atoms with Crippen molar-refractivity contribution in [2.75, 3.05) is 16.8 Å². The van der Waals surface area contributed by atoms with Crippen molar-refractivity contribution >= 4 is 45.1 Å². The highest BCUT2D eigenvalue weighted by atomic mass is 16.2. The van der Waals surface area contributed by atoms with Gasteiger partial charge in [0.2, 0.25) is 11.8 Å². The van der Waals surface area contributed by atoms with Crippen LogP contribution in [0.3, 0.4) is 0 Å². The van der Waals surface area contributed by atoms with E-state index >= 15 is 0 Å². The van der Waals surface area contributed by atoms with Crippen LogP contribution in [0.25, 0.3) is 33.5 Å². The van der Waals surface area contributed by atoms with Crippen molar-refractivity contribution in [1.29, 1.82) is 0 Å². The Morgan fingerprint density at radius 1 is 1.08 bits per heavy atom. The Morgan fingerprint density at radius 2 is 1.89 bits per heavy atom. The van der Waals surface area contributed by atoms with Crippen LogP contribution in [-0.4, -0.2) is 38.5 Å². The van der Waals surface area contributed by atoms with E-state index in [0.29, 0.717) is 30.2 Å². The maximum absolute atomic E-state index is 12.9. The van der Waals surface area contributed by atoms with Crippen LogP contribution < -0.4 is 10.2 Å². The summed E-state index contributed by atoms with van der Waals surface area (Å²) < 4.78 is 0. The Hall–Kier alpha value is -4.46. The summed E-state index contributed by atoms with van der Waals surface area (Å²) in [4.78, 5) is 35.6. The molecule has 0 unspecified atom stereocenters. The van der Waals surface area contributed by atoms with Gasteiger partial charge >= 0.3 is 0 Å². The quantitative estimate of drug-likeness (QED) is 0.312. The van der Waals surface area contributed by atoms with Crippen LogP contribution in [0.5, 0.6) is 0 Å². The molecular formula is C29H28N6O2. The highest BCUT2D eigenvalue weighted by Gasteiger charge is 2.43. The SMILES string of the molecule is CCN1C(=O)C(C)(C)c2cc3[nH]c(-c4n[nH]c5ccc(NC(=O)Cc6ccccc6C)cc45)nc3cc21. The Labute approximate surface area is 214 Å². The van der Waals surface area contributed by atoms with Gasteiger partial charge < -0.3 is 15.2 Å². The second-order valence-corrected chi connectivity index (χ2v) is 10.1. The standard InChI is InChI=1S/C29H28N6O2/c1-5-35-24-15-23-22(14-20(24)29(3,4)28(35)37)31-27(32-23)26-19-13-18(10-11-21(19)33-34-26)30-25(36)12-17-9-7-6-8-16(17)2/h6-11,13-15H,5,12H2,1-4H3,(H,30,36)(H,31,32)(H,33,34). The second-order valence-electron chi connectivity index (χ2n) is 10.1. The number of aryl methyl sites for hydroxylation is 1. The second kappa shape index (κ2) is 8.30. The summed E-state index contributed by atoms with van der Waals surface area (Å²) in [5.74, 6) is 0.656. The molecule has 3 N–H and O–H groups in total. The van der Waals surface area contributed by atoms with E-state index in [9.17, 15) is 9.59 Å². The molecule has 3 heterocycles. The van der Waals surface area contributed by atoms with Crippen LogP contribution in [0.2, 0.25) is 0 Å². The van der Waals surface area contributed by atoms with Crippen molar-refractivity contribution in [3.63, 3.8) is 0 Å². The Bertz CT molecular complexity index is 1710. The molecule has 0 radical (unpaired) electrons. The summed E-state index contributed by atoms with van der Waals surface area (Å²) in [6.45, 7) is 8.52. The lowest BCUT2D eigenvalue weighted by Gasteiger charge is -2.18. The first-order chi connectivity index (χ1) is 17.8. The number of imidazole rings is 1. The first-order valence-corrected chi connectivity index (χ1v) is 12.5. The third kappa shape index (κ3) is 3.67. The average Bonchev–Trinajstić information content (AvgIpc) is 3.52. The molecule has 0 saturated heterocycles. The van der Waals surface area contributed by atoms with E-state index in [1.54, 1.807) is 0 Å². The van der Waals surface area contributed by atoms with Gasteiger partial charge in [-0.15, -0.1) is 0 Å². The van der Waals surface area contributed by atoms with Gasteiger partial charge in [-0.2, -0.15) is 5.10 Å². The van der Waals surface area contributed by atoms with Crippen LogP contribution >= 0.6 is 0 Å². The molecule has 37 heavy (non-hydrogen) atoms. The van der Waals surface area contributed by atoms with Crippen molar-refractivity contribution < 1.29 is 9.59 Å². The molecule has 0 atom stereocenters. The molecule has 5 aromatic rings. The number of benzene rings is 3. The number of amides is 2. The maximum atomic E-state index is 12.9. The molecule has 0 aliphatic carbocycles. The molecule has 0 bridgehead atoms. The number of hydrogen-bond donors (Lipinski definition) is 3. The molecular weight excluding hydrogens is 464 g/mol. The first kappa shape index (κ1) is 23.0. The number of aromatic amines is 2. The Kier molecular flexibility index (Phi) is 5.15. The number of carbonyl (C=O) groups excluding carboxylic acids is 2. The van der Waals surface area contributed by atoms with Crippen molar-refractivity contribution in [2.45, 2.75) is 39.5 Å². The summed E-state index contributed by atoms with van der Waals surface area (Å²) in [6, 6.07) is 17.6. The van der Waals surface area contributed by atoms with E-state index in [1.807, 2.05) is 87.2 Å². The summed E-state index contributed by atoms with van der Waals surface area (Å²) in [5, 5.41) is 11.4. The number of fused-ring (bicyclic) bond motifs is 3. The summed E-state index contributed by atoms with van der Waals surface area (Å²) in [6.07, 6.45) is 0.310. The third-order valence-electron chi connectivity index (χ3n) is 7.34. The van der Waals surface area contributed by atoms with E-state index < -0.39 is 5.41 Å². The van der Waals surface area contributed by atoms with Crippen molar-refractivity contribution in [3.8, 4) is 11.5 Å². The molecule has 186 valence electrons. The van der Waals surface area contributed by atoms with E-state index in [4.69, 9.17) is 4.98 Å². The zero-order valence-corrected chi connectivity index (χ0v) is 21.3. The van der Waals surface area contributed by atoms with E-state index in [-0.39, 0.29) is 11.8 Å². The van der Waals surface area contributed by atoms with E-state index in [2.05, 4.69) is 20.5 Å². The van der Waals surface area contributed by atoms with Crippen LogP contribution in [-0.2, 0) is 21.4 Å². The number of carbonyl (C=O) groups is 2. The third-order valence-corrected chi connectivity index (χ3v) is 7.34. The van der Waals surface area contributed by atoms with Gasteiger partial charge in [-0.1, -0.05) is 24.3 Å². The number of nitrogens with zero attached hydrogens (tertiary/aromatic N) is 3. The minimum absolute atomic E-state index is 0.0745. The van der Waals surface area contributed by atoms with Crippen LogP contribution in [0.1, 0.15) is 37.5 Å². The fraction of sp³-hybridized carbons (Fsp3) is 0.241. The van der Waals surface area contributed by atoms with Crippen molar-refractivity contribution in [3.05, 3.63) is 71.3 Å². The fourth-order valence-electron chi connectivity index (χ4n) is 5.22. The molecule has 1 aliphatic heterocycles. The number of nitrogens with one attached hydrogen (secondary N) is 3. The molecule has 8 heteroatoms. The number of rotatable bonds is 5. The normalized spacial score (nSPS) is 14.5. The maximum Gasteiger partial charge on any atom is 0.237 e. The summed E-state index contributed by atoms with van der Waals surface area (Å²) in [7, 11) is 0. The van der Waals surface area contributed by atoms with E-state index in [1.165, 1.54) is 0 Å². The number of hydrogen-bond acceptors (Lipinski definition) is 4. The predicted octanol–water partition coefficient (Wildman–Crippen LogP) is 5.24. The minimum Gasteiger partial charge on any atom is -0.337 e. The van der Waals surface area contributed by atoms with Gasteiger partial charge in [0.05, 0.1) is 34.1 Å². The fourth-order valence-corrected chi connectivity index (χ4v) is 5.22. The lowest BCUT2D eigenvalue weighted by atomic mass is 9.86. The lowest BCUT2D eigenvalue weighted by molar-refractivity contribution is -0.122.